The number of rotatable bonds is 9. The van der Waals surface area contributed by atoms with Crippen LogP contribution in [0.25, 0.3) is 44.9 Å². The number of nitrogens with one attached hydrogen (secondary N) is 3. The highest BCUT2D eigenvalue weighted by molar-refractivity contribution is 7.15. The van der Waals surface area contributed by atoms with E-state index in [1.807, 2.05) is 38.4 Å². The summed E-state index contributed by atoms with van der Waals surface area (Å²) in [6.45, 7) is 19.0. The quantitative estimate of drug-likeness (QED) is 0.182. The molecule has 0 unspecified atom stereocenters. The van der Waals surface area contributed by atoms with Crippen LogP contribution < -0.4 is 15.9 Å². The zero-order valence-corrected chi connectivity index (χ0v) is 25.1. The maximum atomic E-state index is 4.71. The Balaban J connectivity index is 1.49. The maximum absolute atomic E-state index is 4.71. The first-order valence-electron chi connectivity index (χ1n) is 14.3. The van der Waals surface area contributed by atoms with E-state index in [0.29, 0.717) is 5.92 Å². The normalized spacial score (nSPS) is 16.0. The van der Waals surface area contributed by atoms with Gasteiger partial charge in [-0.1, -0.05) is 51.2 Å². The Morgan fingerprint density at radius 2 is 1.93 bits per heavy atom. The number of allylic oxidation sites excluding steroid dienone is 6. The third kappa shape index (κ3) is 6.13. The van der Waals surface area contributed by atoms with Crippen molar-refractivity contribution in [2.75, 3.05) is 0 Å². The van der Waals surface area contributed by atoms with Crippen molar-refractivity contribution in [3.8, 4) is 21.8 Å². The van der Waals surface area contributed by atoms with Crippen LogP contribution in [0.2, 0.25) is 0 Å². The van der Waals surface area contributed by atoms with Gasteiger partial charge in [-0.25, -0.2) is 0 Å². The van der Waals surface area contributed by atoms with Gasteiger partial charge < -0.3 is 10.3 Å². The molecule has 0 amide bonds. The van der Waals surface area contributed by atoms with Crippen molar-refractivity contribution in [3.05, 3.63) is 107 Å². The first-order chi connectivity index (χ1) is 19.9. The van der Waals surface area contributed by atoms with Crippen molar-refractivity contribution in [1.82, 2.24) is 25.5 Å². The topological polar surface area (TPSA) is 69.4 Å². The van der Waals surface area contributed by atoms with Gasteiger partial charge in [0.2, 0.25) is 0 Å². The highest BCUT2D eigenvalue weighted by atomic mass is 32.1. The fraction of sp³-hybridized carbons (Fsp3) is 0.257. The van der Waals surface area contributed by atoms with Crippen LogP contribution >= 0.6 is 11.3 Å². The number of pyridine rings is 1. The Kier molecular flexibility index (Phi) is 8.70. The molecule has 4 aromatic heterocycles. The van der Waals surface area contributed by atoms with E-state index in [1.165, 1.54) is 41.9 Å². The Morgan fingerprint density at radius 3 is 2.61 bits per heavy atom. The fourth-order valence-corrected chi connectivity index (χ4v) is 6.45. The average molecular weight is 562 g/mol. The molecule has 0 aromatic carbocycles. The smallest absolute Gasteiger partial charge is 0.116 e. The van der Waals surface area contributed by atoms with Crippen molar-refractivity contribution in [1.29, 1.82) is 0 Å². The van der Waals surface area contributed by atoms with Gasteiger partial charge in [0.25, 0.3) is 0 Å². The molecule has 41 heavy (non-hydrogen) atoms. The monoisotopic (exact) mass is 561 g/mol. The molecule has 0 aliphatic heterocycles. The zero-order chi connectivity index (χ0) is 28.9. The number of hydrogen-bond donors (Lipinski definition) is 3. The van der Waals surface area contributed by atoms with Crippen molar-refractivity contribution >= 4 is 34.4 Å². The lowest BCUT2D eigenvalue weighted by atomic mass is 9.87. The van der Waals surface area contributed by atoms with Gasteiger partial charge >= 0.3 is 0 Å². The second-order valence-electron chi connectivity index (χ2n) is 10.6. The molecule has 1 aliphatic carbocycles. The molecule has 0 bridgehead atoms. The number of H-pyrrole nitrogens is 2. The summed E-state index contributed by atoms with van der Waals surface area (Å²) in [5.74, 6) is 0.517. The Hall–Kier alpha value is -4.16. The summed E-state index contributed by atoms with van der Waals surface area (Å²) in [5, 5.41) is 14.5. The molecule has 0 saturated heterocycles. The van der Waals surface area contributed by atoms with Gasteiger partial charge in [0, 0.05) is 43.5 Å². The number of nitrogens with zero attached hydrogens (tertiary/aromatic N) is 2. The van der Waals surface area contributed by atoms with Crippen molar-refractivity contribution in [2.24, 2.45) is 5.92 Å². The van der Waals surface area contributed by atoms with Gasteiger partial charge in [-0.15, -0.1) is 11.3 Å². The van der Waals surface area contributed by atoms with Crippen molar-refractivity contribution in [3.63, 3.8) is 0 Å². The van der Waals surface area contributed by atoms with Gasteiger partial charge in [0.1, 0.15) is 5.69 Å². The van der Waals surface area contributed by atoms with E-state index in [4.69, 9.17) is 5.10 Å². The molecule has 210 valence electrons. The van der Waals surface area contributed by atoms with E-state index >= 15 is 0 Å². The lowest BCUT2D eigenvalue weighted by molar-refractivity contribution is 0.393. The molecular formula is C35H39N5S. The lowest BCUT2D eigenvalue weighted by Gasteiger charge is -2.25. The minimum atomic E-state index is 0.517. The van der Waals surface area contributed by atoms with Crippen LogP contribution in [0.5, 0.6) is 0 Å². The SMILES string of the molecule is C=C/C(=C\C(=C/C)C(=C)/C=c1/c(-c2cc3c(-c4ccc(C)s4)cncc3[nH]2)n[nH]/c1=C/C)NC(=C)C1CCCCC1. The van der Waals surface area contributed by atoms with E-state index in [2.05, 4.69) is 83.5 Å². The van der Waals surface area contributed by atoms with Gasteiger partial charge in [0.05, 0.1) is 22.8 Å². The number of thiophene rings is 1. The summed E-state index contributed by atoms with van der Waals surface area (Å²) in [6.07, 6.45) is 20.2. The summed E-state index contributed by atoms with van der Waals surface area (Å²) in [4.78, 5) is 10.5. The van der Waals surface area contributed by atoms with Crippen LogP contribution in [0.1, 0.15) is 50.8 Å². The molecule has 1 fully saturated rings. The summed E-state index contributed by atoms with van der Waals surface area (Å²) in [6, 6.07) is 6.48. The minimum Gasteiger partial charge on any atom is -0.359 e. The van der Waals surface area contributed by atoms with Crippen molar-refractivity contribution < 1.29 is 0 Å². The van der Waals surface area contributed by atoms with Crippen LogP contribution in [0.3, 0.4) is 0 Å². The Bertz CT molecular complexity index is 1780. The largest absolute Gasteiger partial charge is 0.359 e. The molecular weight excluding hydrogens is 522 g/mol. The number of hydrogen-bond acceptors (Lipinski definition) is 4. The van der Waals surface area contributed by atoms with E-state index < -0.39 is 0 Å². The van der Waals surface area contributed by atoms with Crippen LogP contribution in [-0.4, -0.2) is 20.2 Å². The number of aryl methyl sites for hydroxylation is 1. The molecule has 0 spiro atoms. The van der Waals surface area contributed by atoms with E-state index in [0.717, 1.165) is 61.0 Å². The maximum Gasteiger partial charge on any atom is 0.116 e. The lowest BCUT2D eigenvalue weighted by Crippen LogP contribution is -2.24. The van der Waals surface area contributed by atoms with E-state index in [-0.39, 0.29) is 0 Å². The van der Waals surface area contributed by atoms with Crippen LogP contribution in [-0.2, 0) is 0 Å². The zero-order valence-electron chi connectivity index (χ0n) is 24.3. The molecule has 4 heterocycles. The predicted molar refractivity (Wildman–Crippen MR) is 176 cm³/mol. The van der Waals surface area contributed by atoms with Crippen LogP contribution in [0.15, 0.2) is 91.1 Å². The number of aromatic nitrogens is 4. The first kappa shape index (κ1) is 28.4. The van der Waals surface area contributed by atoms with Gasteiger partial charge in [-0.05, 0) is 87.1 Å². The van der Waals surface area contributed by atoms with Gasteiger partial charge in [-0.3, -0.25) is 10.1 Å². The average Bonchev–Trinajstić information content (AvgIpc) is 3.73. The third-order valence-corrected chi connectivity index (χ3v) is 8.90. The first-order valence-corrected chi connectivity index (χ1v) is 15.1. The van der Waals surface area contributed by atoms with E-state index in [1.54, 1.807) is 11.3 Å². The summed E-state index contributed by atoms with van der Waals surface area (Å²) in [5.41, 5.74) is 7.77. The standard InChI is InChI=1S/C35H39N5S/c1-7-25(18-27(8-2)37-24(6)26-13-11-10-12-14-26)22(4)17-29-31(9-3)39-40-35(29)32-19-28-30(20-36-21-33(28)38-32)34-16-15-23(5)41-34/h7-9,15-21,26,37-39H,2,4,6,10-14H2,1,3,5H3/b25-7+,27-18+,29-17+,31-9+. The van der Waals surface area contributed by atoms with Gasteiger partial charge in [0.15, 0.2) is 0 Å². The second-order valence-corrected chi connectivity index (χ2v) is 11.9. The summed E-state index contributed by atoms with van der Waals surface area (Å²) < 4.78 is 0. The Morgan fingerprint density at radius 1 is 1.12 bits per heavy atom. The molecule has 1 aliphatic rings. The predicted octanol–water partition coefficient (Wildman–Crippen LogP) is 7.83. The number of fused-ring (bicyclic) bond motifs is 1. The van der Waals surface area contributed by atoms with Crippen molar-refractivity contribution in [2.45, 2.75) is 52.9 Å². The highest BCUT2D eigenvalue weighted by Crippen LogP contribution is 2.34. The molecule has 1 saturated carbocycles. The Labute approximate surface area is 246 Å². The number of aromatic amines is 2. The molecule has 0 radical (unpaired) electrons. The van der Waals surface area contributed by atoms with E-state index in [9.17, 15) is 0 Å². The summed E-state index contributed by atoms with van der Waals surface area (Å²) in [7, 11) is 0. The molecule has 4 aromatic rings. The van der Waals surface area contributed by atoms with Crippen LogP contribution in [0.4, 0.5) is 0 Å². The summed E-state index contributed by atoms with van der Waals surface area (Å²) >= 11 is 1.78. The molecule has 0 atom stereocenters. The second kappa shape index (κ2) is 12.6. The molecule has 6 heteroatoms. The highest BCUT2D eigenvalue weighted by Gasteiger charge is 2.17. The third-order valence-electron chi connectivity index (χ3n) is 7.86. The molecule has 5 nitrogen and oxygen atoms in total. The van der Waals surface area contributed by atoms with Crippen LogP contribution in [0, 0.1) is 12.8 Å². The molecule has 3 N–H and O–H groups in total. The molecule has 5 rings (SSSR count). The minimum absolute atomic E-state index is 0.517. The fourth-order valence-electron chi connectivity index (χ4n) is 5.56. The van der Waals surface area contributed by atoms with Gasteiger partial charge in [-0.2, -0.15) is 5.10 Å².